The van der Waals surface area contributed by atoms with Crippen LogP contribution >= 0.6 is 94.2 Å². The molecule has 1 fully saturated rings. The lowest BCUT2D eigenvalue weighted by Crippen LogP contribution is -2.25. The fourth-order valence-electron chi connectivity index (χ4n) is 2.47. The molecule has 5 nitrogen and oxygen atoms in total. The van der Waals surface area contributed by atoms with Gasteiger partial charge in [-0.2, -0.15) is 0 Å². The molecule has 3 N–H and O–H groups in total. The van der Waals surface area contributed by atoms with E-state index in [4.69, 9.17) is 30.2 Å². The Kier molecular flexibility index (Phi) is 16.6. The van der Waals surface area contributed by atoms with E-state index in [1.807, 2.05) is 44.1 Å². The summed E-state index contributed by atoms with van der Waals surface area (Å²) in [5, 5.41) is 0. The molecule has 1 heterocycles. The fourth-order valence-corrected chi connectivity index (χ4v) is 6.77. The van der Waals surface area contributed by atoms with E-state index in [2.05, 4.69) is 52.8 Å². The van der Waals surface area contributed by atoms with E-state index in [0.29, 0.717) is 6.04 Å². The fraction of sp³-hybridized carbons (Fsp3) is 0.500. The summed E-state index contributed by atoms with van der Waals surface area (Å²) in [6, 6.07) is 9.02. The highest BCUT2D eigenvalue weighted by Gasteiger charge is 2.14. The van der Waals surface area contributed by atoms with Gasteiger partial charge >= 0.3 is 0 Å². The van der Waals surface area contributed by atoms with Crippen LogP contribution in [0.4, 0.5) is 0 Å². The van der Waals surface area contributed by atoms with Gasteiger partial charge in [0.15, 0.2) is 4.34 Å². The van der Waals surface area contributed by atoms with Gasteiger partial charge < -0.3 is 15.5 Å². The zero-order chi connectivity index (χ0) is 24.8. The third kappa shape index (κ3) is 14.3. The first-order valence-corrected chi connectivity index (χ1v) is 15.6. The van der Waals surface area contributed by atoms with Crippen LogP contribution in [0, 0.1) is 0 Å². The molecule has 0 aliphatic heterocycles. The molecule has 0 spiro atoms. The molecule has 0 unspecified atom stereocenters. The van der Waals surface area contributed by atoms with Crippen molar-refractivity contribution in [1.29, 1.82) is 0 Å². The number of rotatable bonds is 3. The number of nitrogens with zero attached hydrogens (tertiary/aromatic N) is 3. The van der Waals surface area contributed by atoms with E-state index in [0.717, 1.165) is 18.5 Å². The molecule has 0 saturated heterocycles. The van der Waals surface area contributed by atoms with E-state index in [1.54, 1.807) is 23.3 Å². The lowest BCUT2D eigenvalue weighted by atomic mass is 9.96. The van der Waals surface area contributed by atoms with Gasteiger partial charge in [-0.15, -0.1) is 24.0 Å². The molecule has 33 heavy (non-hydrogen) atoms. The molecule has 3 rings (SSSR count). The molecule has 1 saturated carbocycles. The molecule has 0 atom stereocenters. The smallest absolute Gasteiger partial charge is 0.166 e. The number of thiazole rings is 1. The average molecular weight is 598 g/mol. The quantitative estimate of drug-likeness (QED) is 0.158. The molecule has 1 aliphatic rings. The van der Waals surface area contributed by atoms with Crippen molar-refractivity contribution in [1.82, 2.24) is 19.5 Å². The molecule has 1 aliphatic carbocycles. The SMILES string of the molecule is CN(C)C(=S)SSC(=S)N(C)C.NC(=S)S.c1ccc2sc(SNC3CCCCC3)nc2c1. The summed E-state index contributed by atoms with van der Waals surface area (Å²) in [5.41, 5.74) is 5.82. The molecule has 0 amide bonds. The summed E-state index contributed by atoms with van der Waals surface area (Å²) < 4.78 is 7.85. The van der Waals surface area contributed by atoms with E-state index >= 15 is 0 Å². The maximum absolute atomic E-state index is 5.07. The predicted octanol–water partition coefficient (Wildman–Crippen LogP) is 6.45. The minimum atomic E-state index is 0.194. The van der Waals surface area contributed by atoms with E-state index in [1.165, 1.54) is 58.4 Å². The second-order valence-electron chi connectivity index (χ2n) is 7.33. The summed E-state index contributed by atoms with van der Waals surface area (Å²) in [7, 11) is 10.7. The number of hydrogen-bond acceptors (Lipinski definition) is 9. The Morgan fingerprint density at radius 1 is 1.03 bits per heavy atom. The standard InChI is InChI=1S/C13H16N2S2.C6H12N2S4.CH3NS2/c1-2-6-10(7-3-1)15-17-13-14-11-8-4-5-9-12(11)16-13;1-7(2)5(9)11-12-6(10)8(3)4;2-1(3)4/h4-5,8-10,15H,1-3,6-7H2;1-4H3;(H3,2,3,4). The van der Waals surface area contributed by atoms with Gasteiger partial charge in [0, 0.05) is 34.2 Å². The lowest BCUT2D eigenvalue weighted by Gasteiger charge is -2.21. The van der Waals surface area contributed by atoms with Gasteiger partial charge in [-0.3, -0.25) is 4.72 Å². The minimum absolute atomic E-state index is 0.194. The van der Waals surface area contributed by atoms with Crippen molar-refractivity contribution in [2.24, 2.45) is 5.73 Å². The van der Waals surface area contributed by atoms with Crippen molar-refractivity contribution in [3.63, 3.8) is 0 Å². The number of para-hydroxylation sites is 1. The van der Waals surface area contributed by atoms with Crippen molar-refractivity contribution in [3.05, 3.63) is 24.3 Å². The van der Waals surface area contributed by atoms with Gasteiger partial charge in [0.2, 0.25) is 0 Å². The van der Waals surface area contributed by atoms with Crippen LogP contribution in [0.1, 0.15) is 32.1 Å². The van der Waals surface area contributed by atoms with E-state index < -0.39 is 0 Å². The van der Waals surface area contributed by atoms with Crippen LogP contribution in [0.5, 0.6) is 0 Å². The largest absolute Gasteiger partial charge is 0.385 e. The molecule has 1 aromatic heterocycles. The topological polar surface area (TPSA) is 57.4 Å². The number of fused-ring (bicyclic) bond motifs is 1. The predicted molar refractivity (Wildman–Crippen MR) is 169 cm³/mol. The van der Waals surface area contributed by atoms with Crippen LogP contribution in [0.25, 0.3) is 10.2 Å². The highest BCUT2D eigenvalue weighted by Crippen LogP contribution is 2.29. The van der Waals surface area contributed by atoms with Crippen molar-refractivity contribution < 1.29 is 0 Å². The summed E-state index contributed by atoms with van der Waals surface area (Å²) in [6.45, 7) is 0. The van der Waals surface area contributed by atoms with Crippen LogP contribution in [0.3, 0.4) is 0 Å². The maximum atomic E-state index is 5.07. The molecule has 0 bridgehead atoms. The molecule has 13 heteroatoms. The monoisotopic (exact) mass is 597 g/mol. The Morgan fingerprint density at radius 2 is 1.55 bits per heavy atom. The Morgan fingerprint density at radius 3 is 2.03 bits per heavy atom. The van der Waals surface area contributed by atoms with Gasteiger partial charge in [0.25, 0.3) is 0 Å². The van der Waals surface area contributed by atoms with Crippen LogP contribution in [0.2, 0.25) is 0 Å². The normalized spacial score (nSPS) is 13.2. The highest BCUT2D eigenvalue weighted by molar-refractivity contribution is 8.89. The van der Waals surface area contributed by atoms with Crippen molar-refractivity contribution in [3.8, 4) is 0 Å². The average Bonchev–Trinajstić information content (AvgIpc) is 3.19. The van der Waals surface area contributed by atoms with E-state index in [9.17, 15) is 0 Å². The number of aromatic nitrogens is 1. The molecular formula is C20H31N5S8. The molecule has 184 valence electrons. The minimum Gasteiger partial charge on any atom is -0.385 e. The molecule has 2 aromatic rings. The molecule has 1 aromatic carbocycles. The number of nitrogens with two attached hydrogens (primary N) is 1. The second-order valence-corrected chi connectivity index (χ2v) is 14.1. The first kappa shape index (κ1) is 31.2. The highest BCUT2D eigenvalue weighted by atomic mass is 33.1. The van der Waals surface area contributed by atoms with Gasteiger partial charge in [-0.25, -0.2) is 4.98 Å². The van der Waals surface area contributed by atoms with Crippen LogP contribution in [-0.2, 0) is 0 Å². The van der Waals surface area contributed by atoms with Crippen molar-refractivity contribution >= 4 is 117 Å². The lowest BCUT2D eigenvalue weighted by molar-refractivity contribution is 0.423. The first-order valence-electron chi connectivity index (χ1n) is 10.1. The summed E-state index contributed by atoms with van der Waals surface area (Å²) in [4.78, 5) is 8.40. The van der Waals surface area contributed by atoms with Crippen molar-refractivity contribution in [2.45, 2.75) is 42.5 Å². The zero-order valence-corrected chi connectivity index (χ0v) is 25.8. The van der Waals surface area contributed by atoms with Gasteiger partial charge in [-0.05, 0) is 58.5 Å². The number of benzene rings is 1. The van der Waals surface area contributed by atoms with Gasteiger partial charge in [0.1, 0.15) is 13.0 Å². The second kappa shape index (κ2) is 17.6. The number of nitrogens with one attached hydrogen (secondary N) is 1. The zero-order valence-electron chi connectivity index (χ0n) is 19.1. The number of thiocarbonyl (C=S) groups is 3. The van der Waals surface area contributed by atoms with E-state index in [-0.39, 0.29) is 4.32 Å². The summed E-state index contributed by atoms with van der Waals surface area (Å²) in [5.74, 6) is 0. The maximum Gasteiger partial charge on any atom is 0.166 e. The molecular weight excluding hydrogens is 567 g/mol. The summed E-state index contributed by atoms with van der Waals surface area (Å²) in [6.07, 6.45) is 6.79. The van der Waals surface area contributed by atoms with Crippen LogP contribution in [-0.4, -0.2) is 62.0 Å². The Bertz CT molecular complexity index is 823. The Labute approximate surface area is 235 Å². The van der Waals surface area contributed by atoms with Gasteiger partial charge in [-0.1, -0.05) is 68.0 Å². The van der Waals surface area contributed by atoms with Crippen LogP contribution < -0.4 is 10.5 Å². The Balaban J connectivity index is 0.000000299. The summed E-state index contributed by atoms with van der Waals surface area (Å²) >= 11 is 21.3. The van der Waals surface area contributed by atoms with Gasteiger partial charge in [0.05, 0.1) is 10.2 Å². The third-order valence-corrected chi connectivity index (χ3v) is 10.3. The molecule has 0 radical (unpaired) electrons. The van der Waals surface area contributed by atoms with Crippen molar-refractivity contribution in [2.75, 3.05) is 28.2 Å². The Hall–Kier alpha value is 0.140. The van der Waals surface area contributed by atoms with Crippen LogP contribution in [0.15, 0.2) is 28.6 Å². The third-order valence-electron chi connectivity index (χ3n) is 4.11. The number of hydrogen-bond donors (Lipinski definition) is 3. The first-order chi connectivity index (χ1) is 15.6. The number of thiol groups is 1.